The lowest BCUT2D eigenvalue weighted by atomic mass is 10.1. The minimum atomic E-state index is -3.59. The molecule has 1 heterocycles. The number of ether oxygens (including phenoxy) is 2. The smallest absolute Gasteiger partial charge is 0.243 e. The van der Waals surface area contributed by atoms with Gasteiger partial charge in [0.25, 0.3) is 0 Å². The Labute approximate surface area is 165 Å². The average molecular weight is 401 g/mol. The standard InChI is InChI=1S/C20H23N3O4S/c1-26-19-7-6-17(13-20(19)27-2)15-22-8-10-23(11-9-22)28(24,25)18-5-3-4-16(12-18)14-21/h3-7,12-13H,8-11,15H2,1-2H3. The van der Waals surface area contributed by atoms with Crippen LogP contribution in [0.15, 0.2) is 47.4 Å². The molecule has 0 amide bonds. The van der Waals surface area contributed by atoms with Gasteiger partial charge in [-0.3, -0.25) is 4.90 Å². The molecule has 28 heavy (non-hydrogen) atoms. The second-order valence-electron chi connectivity index (χ2n) is 6.51. The maximum Gasteiger partial charge on any atom is 0.243 e. The van der Waals surface area contributed by atoms with Crippen molar-refractivity contribution in [3.05, 3.63) is 53.6 Å². The van der Waals surface area contributed by atoms with Gasteiger partial charge in [-0.05, 0) is 35.9 Å². The number of hydrogen-bond donors (Lipinski definition) is 0. The highest BCUT2D eigenvalue weighted by Gasteiger charge is 2.28. The van der Waals surface area contributed by atoms with Crippen LogP contribution in [0, 0.1) is 11.3 Å². The van der Waals surface area contributed by atoms with Gasteiger partial charge in [0.05, 0.1) is 30.7 Å². The van der Waals surface area contributed by atoms with Crippen molar-refractivity contribution < 1.29 is 17.9 Å². The number of methoxy groups -OCH3 is 2. The van der Waals surface area contributed by atoms with E-state index in [1.807, 2.05) is 24.3 Å². The zero-order valence-electron chi connectivity index (χ0n) is 16.0. The molecule has 3 rings (SSSR count). The Kier molecular flexibility index (Phi) is 6.19. The Bertz CT molecular complexity index is 977. The largest absolute Gasteiger partial charge is 0.493 e. The van der Waals surface area contributed by atoms with Gasteiger partial charge < -0.3 is 9.47 Å². The third-order valence-corrected chi connectivity index (χ3v) is 6.68. The summed E-state index contributed by atoms with van der Waals surface area (Å²) in [5, 5.41) is 9.00. The normalized spacial score (nSPS) is 15.8. The van der Waals surface area contributed by atoms with E-state index < -0.39 is 10.0 Å². The molecule has 2 aromatic rings. The third-order valence-electron chi connectivity index (χ3n) is 4.79. The van der Waals surface area contributed by atoms with Crippen LogP contribution in [-0.2, 0) is 16.6 Å². The molecular formula is C20H23N3O4S. The average Bonchev–Trinajstić information content (AvgIpc) is 2.74. The molecule has 0 spiro atoms. The summed E-state index contributed by atoms with van der Waals surface area (Å²) < 4.78 is 37.8. The highest BCUT2D eigenvalue weighted by Crippen LogP contribution is 2.28. The van der Waals surface area contributed by atoms with Gasteiger partial charge in [0.2, 0.25) is 10.0 Å². The molecule has 0 N–H and O–H groups in total. The molecule has 0 saturated carbocycles. The summed E-state index contributed by atoms with van der Waals surface area (Å²) in [4.78, 5) is 2.37. The van der Waals surface area contributed by atoms with Gasteiger partial charge in [-0.15, -0.1) is 0 Å². The summed E-state index contributed by atoms with van der Waals surface area (Å²) in [6.45, 7) is 2.79. The fourth-order valence-electron chi connectivity index (χ4n) is 3.24. The molecular weight excluding hydrogens is 378 g/mol. The van der Waals surface area contributed by atoms with Gasteiger partial charge in [0, 0.05) is 32.7 Å². The second kappa shape index (κ2) is 8.61. The first kappa shape index (κ1) is 20.1. The Morgan fingerprint density at radius 3 is 2.36 bits per heavy atom. The Morgan fingerprint density at radius 2 is 1.71 bits per heavy atom. The molecule has 0 aliphatic carbocycles. The highest BCUT2D eigenvalue weighted by molar-refractivity contribution is 7.89. The minimum Gasteiger partial charge on any atom is -0.493 e. The van der Waals surface area contributed by atoms with Crippen molar-refractivity contribution in [1.82, 2.24) is 9.21 Å². The first-order chi connectivity index (χ1) is 13.5. The summed E-state index contributed by atoms with van der Waals surface area (Å²) in [5.74, 6) is 1.36. The van der Waals surface area contributed by atoms with Crippen LogP contribution in [0.2, 0.25) is 0 Å². The van der Waals surface area contributed by atoms with Gasteiger partial charge in [0.1, 0.15) is 0 Å². The minimum absolute atomic E-state index is 0.167. The van der Waals surface area contributed by atoms with Crippen LogP contribution in [0.3, 0.4) is 0 Å². The fourth-order valence-corrected chi connectivity index (χ4v) is 4.71. The van der Waals surface area contributed by atoms with E-state index in [-0.39, 0.29) is 4.90 Å². The zero-order chi connectivity index (χ0) is 20.1. The van der Waals surface area contributed by atoms with Crippen molar-refractivity contribution in [1.29, 1.82) is 5.26 Å². The summed E-state index contributed by atoms with van der Waals surface area (Å²) in [6, 6.07) is 13.9. The van der Waals surface area contributed by atoms with E-state index in [1.54, 1.807) is 26.4 Å². The number of nitriles is 1. The molecule has 1 saturated heterocycles. The number of nitrogens with zero attached hydrogens (tertiary/aromatic N) is 3. The van der Waals surface area contributed by atoms with Crippen LogP contribution >= 0.6 is 0 Å². The highest BCUT2D eigenvalue weighted by atomic mass is 32.2. The molecule has 148 valence electrons. The SMILES string of the molecule is COc1ccc(CN2CCN(S(=O)(=O)c3cccc(C#N)c3)CC2)cc1OC. The van der Waals surface area contributed by atoms with Crippen molar-refractivity contribution in [3.8, 4) is 17.6 Å². The Balaban J connectivity index is 1.65. The number of benzene rings is 2. The first-order valence-corrected chi connectivity index (χ1v) is 10.4. The van der Waals surface area contributed by atoms with Crippen molar-refractivity contribution in [3.63, 3.8) is 0 Å². The van der Waals surface area contributed by atoms with Gasteiger partial charge in [0.15, 0.2) is 11.5 Å². The molecule has 8 heteroatoms. The molecule has 7 nitrogen and oxygen atoms in total. The molecule has 0 unspecified atom stereocenters. The van der Waals surface area contributed by atoms with Crippen molar-refractivity contribution in [2.75, 3.05) is 40.4 Å². The van der Waals surface area contributed by atoms with Crippen LogP contribution < -0.4 is 9.47 Å². The first-order valence-electron chi connectivity index (χ1n) is 8.91. The van der Waals surface area contributed by atoms with Crippen LogP contribution in [0.1, 0.15) is 11.1 Å². The van der Waals surface area contributed by atoms with E-state index in [0.29, 0.717) is 49.8 Å². The van der Waals surface area contributed by atoms with Gasteiger partial charge in [-0.25, -0.2) is 8.42 Å². The number of piperazine rings is 1. The van der Waals surface area contributed by atoms with Gasteiger partial charge >= 0.3 is 0 Å². The lowest BCUT2D eigenvalue weighted by molar-refractivity contribution is 0.181. The molecule has 0 radical (unpaired) electrons. The zero-order valence-corrected chi connectivity index (χ0v) is 16.8. The summed E-state index contributed by atoms with van der Waals surface area (Å²) >= 11 is 0. The van der Waals surface area contributed by atoms with E-state index in [0.717, 1.165) is 5.56 Å². The van der Waals surface area contributed by atoms with Crippen LogP contribution in [0.5, 0.6) is 11.5 Å². The van der Waals surface area contributed by atoms with Crippen molar-refractivity contribution in [2.24, 2.45) is 0 Å². The molecule has 0 aromatic heterocycles. The maximum atomic E-state index is 12.8. The third kappa shape index (κ3) is 4.28. The van der Waals surface area contributed by atoms with E-state index in [9.17, 15) is 8.42 Å². The van der Waals surface area contributed by atoms with Crippen molar-refractivity contribution in [2.45, 2.75) is 11.4 Å². The summed E-state index contributed by atoms with van der Waals surface area (Å²) in [6.07, 6.45) is 0. The molecule has 1 fully saturated rings. The topological polar surface area (TPSA) is 82.9 Å². The van der Waals surface area contributed by atoms with E-state index in [4.69, 9.17) is 14.7 Å². The van der Waals surface area contributed by atoms with E-state index in [1.165, 1.54) is 16.4 Å². The maximum absolute atomic E-state index is 12.8. The summed E-state index contributed by atoms with van der Waals surface area (Å²) in [5.41, 5.74) is 1.42. The number of rotatable bonds is 6. The van der Waals surface area contributed by atoms with Crippen LogP contribution in [0.4, 0.5) is 0 Å². The number of hydrogen-bond acceptors (Lipinski definition) is 6. The summed E-state index contributed by atoms with van der Waals surface area (Å²) in [7, 11) is -0.387. The van der Waals surface area contributed by atoms with Crippen LogP contribution in [0.25, 0.3) is 0 Å². The predicted molar refractivity (Wildman–Crippen MR) is 105 cm³/mol. The molecule has 1 aliphatic heterocycles. The Morgan fingerprint density at radius 1 is 1.00 bits per heavy atom. The fraction of sp³-hybridized carbons (Fsp3) is 0.350. The van der Waals surface area contributed by atoms with E-state index in [2.05, 4.69) is 4.90 Å². The Hall–Kier alpha value is -2.60. The number of sulfonamides is 1. The predicted octanol–water partition coefficient (Wildman–Crippen LogP) is 2.08. The lowest BCUT2D eigenvalue weighted by Crippen LogP contribution is -2.48. The molecule has 0 atom stereocenters. The molecule has 1 aliphatic rings. The lowest BCUT2D eigenvalue weighted by Gasteiger charge is -2.34. The monoisotopic (exact) mass is 401 g/mol. The van der Waals surface area contributed by atoms with E-state index >= 15 is 0 Å². The van der Waals surface area contributed by atoms with Crippen molar-refractivity contribution >= 4 is 10.0 Å². The quantitative estimate of drug-likeness (QED) is 0.737. The van der Waals surface area contributed by atoms with Gasteiger partial charge in [-0.2, -0.15) is 9.57 Å². The van der Waals surface area contributed by atoms with Gasteiger partial charge in [-0.1, -0.05) is 12.1 Å². The second-order valence-corrected chi connectivity index (χ2v) is 8.45. The molecule has 2 aromatic carbocycles. The molecule has 0 bridgehead atoms. The van der Waals surface area contributed by atoms with Crippen LogP contribution in [-0.4, -0.2) is 58.0 Å².